The van der Waals surface area contributed by atoms with Gasteiger partial charge in [0.25, 0.3) is 0 Å². The lowest BCUT2D eigenvalue weighted by Crippen LogP contribution is -2.40. The average Bonchev–Trinajstić information content (AvgIpc) is 3.09. The van der Waals surface area contributed by atoms with Gasteiger partial charge in [-0.3, -0.25) is 4.79 Å². The summed E-state index contributed by atoms with van der Waals surface area (Å²) in [7, 11) is -3.44. The van der Waals surface area contributed by atoms with Crippen LogP contribution in [-0.4, -0.2) is 50.5 Å². The molecule has 2 fully saturated rings. The number of ether oxygens (including phenoxy) is 1. The summed E-state index contributed by atoms with van der Waals surface area (Å²) < 4.78 is 32.8. The zero-order valence-electron chi connectivity index (χ0n) is 16.5. The van der Waals surface area contributed by atoms with Crippen LogP contribution < -0.4 is 5.32 Å². The SMILES string of the molecule is CC(NC(=O)/C=C/c1ccc(S(=O)(=O)N2CCCCCC2)cc1)C1CCCO1. The fraction of sp³-hybridized carbons (Fsp3) is 0.571. The van der Waals surface area contributed by atoms with Crippen LogP contribution in [0, 0.1) is 0 Å². The maximum atomic E-state index is 12.8. The highest BCUT2D eigenvalue weighted by atomic mass is 32.2. The van der Waals surface area contributed by atoms with Gasteiger partial charge < -0.3 is 10.1 Å². The van der Waals surface area contributed by atoms with Gasteiger partial charge in [0, 0.05) is 25.8 Å². The standard InChI is InChI=1S/C21H30N2O4S/c1-17(20-7-6-16-27-20)22-21(24)13-10-18-8-11-19(12-9-18)28(25,26)23-14-4-2-3-5-15-23/h8-13,17,20H,2-7,14-16H2,1H3,(H,22,24)/b13-10+. The molecule has 1 aromatic rings. The predicted molar refractivity (Wildman–Crippen MR) is 109 cm³/mol. The Kier molecular flexibility index (Phi) is 7.26. The molecule has 0 aliphatic carbocycles. The molecule has 2 aliphatic rings. The first-order chi connectivity index (χ1) is 13.5. The fourth-order valence-electron chi connectivity index (χ4n) is 3.72. The second-order valence-corrected chi connectivity index (χ2v) is 9.51. The van der Waals surface area contributed by atoms with Crippen molar-refractivity contribution in [1.29, 1.82) is 0 Å². The van der Waals surface area contributed by atoms with E-state index in [-0.39, 0.29) is 18.1 Å². The van der Waals surface area contributed by atoms with E-state index in [1.54, 1.807) is 34.6 Å². The van der Waals surface area contributed by atoms with Gasteiger partial charge in [-0.15, -0.1) is 0 Å². The lowest BCUT2D eigenvalue weighted by molar-refractivity contribution is -0.117. The summed E-state index contributed by atoms with van der Waals surface area (Å²) in [6.07, 6.45) is 9.27. The van der Waals surface area contributed by atoms with Crippen LogP contribution in [-0.2, 0) is 19.6 Å². The smallest absolute Gasteiger partial charge is 0.244 e. The number of carbonyl (C=O) groups excluding carboxylic acids is 1. The molecule has 154 valence electrons. The van der Waals surface area contributed by atoms with Gasteiger partial charge in [-0.2, -0.15) is 4.31 Å². The molecule has 0 bridgehead atoms. The number of hydrogen-bond acceptors (Lipinski definition) is 4. The van der Waals surface area contributed by atoms with Crippen molar-refractivity contribution >= 4 is 22.0 Å². The molecule has 0 saturated carbocycles. The summed E-state index contributed by atoms with van der Waals surface area (Å²) in [5.74, 6) is -0.177. The van der Waals surface area contributed by atoms with Gasteiger partial charge >= 0.3 is 0 Å². The van der Waals surface area contributed by atoms with Crippen LogP contribution in [0.1, 0.15) is 51.0 Å². The van der Waals surface area contributed by atoms with Crippen LogP contribution in [0.4, 0.5) is 0 Å². The van der Waals surface area contributed by atoms with Crippen molar-refractivity contribution in [2.45, 2.75) is 62.5 Å². The molecule has 1 N–H and O–H groups in total. The van der Waals surface area contributed by atoms with Gasteiger partial charge in [0.05, 0.1) is 17.0 Å². The molecule has 3 rings (SSSR count). The Hall–Kier alpha value is -1.70. The fourth-order valence-corrected chi connectivity index (χ4v) is 5.23. The highest BCUT2D eigenvalue weighted by Crippen LogP contribution is 2.21. The van der Waals surface area contributed by atoms with Crippen LogP contribution in [0.15, 0.2) is 35.2 Å². The molecule has 1 aromatic carbocycles. The minimum atomic E-state index is -3.44. The predicted octanol–water partition coefficient (Wildman–Crippen LogP) is 2.95. The van der Waals surface area contributed by atoms with E-state index in [1.165, 1.54) is 6.08 Å². The molecule has 7 heteroatoms. The normalized spacial score (nSPS) is 22.8. The maximum Gasteiger partial charge on any atom is 0.244 e. The molecular formula is C21H30N2O4S. The van der Waals surface area contributed by atoms with Gasteiger partial charge in [-0.05, 0) is 56.4 Å². The lowest BCUT2D eigenvalue weighted by Gasteiger charge is -2.20. The number of carbonyl (C=O) groups is 1. The topological polar surface area (TPSA) is 75.7 Å². The monoisotopic (exact) mass is 406 g/mol. The Morgan fingerprint density at radius 1 is 1.14 bits per heavy atom. The van der Waals surface area contributed by atoms with Crippen LogP contribution in [0.25, 0.3) is 6.08 Å². The molecule has 0 radical (unpaired) electrons. The van der Waals surface area contributed by atoms with Crippen LogP contribution in [0.3, 0.4) is 0 Å². The lowest BCUT2D eigenvalue weighted by atomic mass is 10.1. The van der Waals surface area contributed by atoms with Crippen molar-refractivity contribution in [1.82, 2.24) is 9.62 Å². The molecular weight excluding hydrogens is 376 g/mol. The van der Waals surface area contributed by atoms with Crippen molar-refractivity contribution in [2.75, 3.05) is 19.7 Å². The summed E-state index contributed by atoms with van der Waals surface area (Å²) >= 11 is 0. The number of rotatable bonds is 6. The number of benzene rings is 1. The Labute approximate surface area is 168 Å². The van der Waals surface area contributed by atoms with E-state index in [0.29, 0.717) is 18.0 Å². The number of hydrogen-bond donors (Lipinski definition) is 1. The van der Waals surface area contributed by atoms with Gasteiger partial charge in [-0.1, -0.05) is 25.0 Å². The average molecular weight is 407 g/mol. The zero-order chi connectivity index (χ0) is 20.0. The second kappa shape index (κ2) is 9.67. The van der Waals surface area contributed by atoms with Crippen LogP contribution in [0.5, 0.6) is 0 Å². The molecule has 6 nitrogen and oxygen atoms in total. The van der Waals surface area contributed by atoms with E-state index in [1.807, 2.05) is 6.92 Å². The maximum absolute atomic E-state index is 12.8. The van der Waals surface area contributed by atoms with E-state index in [9.17, 15) is 13.2 Å². The molecule has 1 amide bonds. The molecule has 2 saturated heterocycles. The highest BCUT2D eigenvalue weighted by Gasteiger charge is 2.25. The number of nitrogens with one attached hydrogen (secondary N) is 1. The van der Waals surface area contributed by atoms with Crippen molar-refractivity contribution in [3.8, 4) is 0 Å². The third-order valence-corrected chi connectivity index (χ3v) is 7.32. The number of sulfonamides is 1. The highest BCUT2D eigenvalue weighted by molar-refractivity contribution is 7.89. The summed E-state index contributed by atoms with van der Waals surface area (Å²) in [6, 6.07) is 6.68. The van der Waals surface area contributed by atoms with E-state index in [2.05, 4.69) is 5.32 Å². The third-order valence-electron chi connectivity index (χ3n) is 5.40. The van der Waals surface area contributed by atoms with Crippen molar-refractivity contribution in [2.24, 2.45) is 0 Å². The Morgan fingerprint density at radius 3 is 2.43 bits per heavy atom. The number of nitrogens with zero attached hydrogens (tertiary/aromatic N) is 1. The Morgan fingerprint density at radius 2 is 1.82 bits per heavy atom. The van der Waals surface area contributed by atoms with Crippen molar-refractivity contribution < 1.29 is 17.9 Å². The summed E-state index contributed by atoms with van der Waals surface area (Å²) in [5.41, 5.74) is 0.787. The van der Waals surface area contributed by atoms with E-state index >= 15 is 0 Å². The minimum absolute atomic E-state index is 0.0270. The summed E-state index contributed by atoms with van der Waals surface area (Å²) in [4.78, 5) is 12.4. The van der Waals surface area contributed by atoms with Crippen LogP contribution >= 0.6 is 0 Å². The molecule has 2 unspecified atom stereocenters. The second-order valence-electron chi connectivity index (χ2n) is 7.57. The largest absolute Gasteiger partial charge is 0.376 e. The van der Waals surface area contributed by atoms with Crippen molar-refractivity contribution in [3.05, 3.63) is 35.9 Å². The first-order valence-corrected chi connectivity index (χ1v) is 11.6. The van der Waals surface area contributed by atoms with E-state index in [0.717, 1.165) is 50.7 Å². The molecule has 0 aromatic heterocycles. The van der Waals surface area contributed by atoms with Gasteiger partial charge in [0.15, 0.2) is 0 Å². The van der Waals surface area contributed by atoms with Gasteiger partial charge in [-0.25, -0.2) is 8.42 Å². The third kappa shape index (κ3) is 5.43. The first kappa shape index (κ1) is 21.0. The summed E-state index contributed by atoms with van der Waals surface area (Å²) in [6.45, 7) is 3.89. The zero-order valence-corrected chi connectivity index (χ0v) is 17.3. The van der Waals surface area contributed by atoms with Gasteiger partial charge in [0.2, 0.25) is 15.9 Å². The molecule has 2 aliphatic heterocycles. The first-order valence-electron chi connectivity index (χ1n) is 10.2. The van der Waals surface area contributed by atoms with Crippen LogP contribution in [0.2, 0.25) is 0 Å². The Bertz CT molecular complexity index is 775. The molecule has 2 heterocycles. The minimum Gasteiger partial charge on any atom is -0.376 e. The van der Waals surface area contributed by atoms with Crippen molar-refractivity contribution in [3.63, 3.8) is 0 Å². The van der Waals surface area contributed by atoms with E-state index in [4.69, 9.17) is 4.74 Å². The van der Waals surface area contributed by atoms with E-state index < -0.39 is 10.0 Å². The summed E-state index contributed by atoms with van der Waals surface area (Å²) in [5, 5.41) is 2.92. The quantitative estimate of drug-likeness (QED) is 0.737. The Balaban J connectivity index is 1.58. The van der Waals surface area contributed by atoms with Gasteiger partial charge in [0.1, 0.15) is 0 Å². The molecule has 28 heavy (non-hydrogen) atoms. The molecule has 2 atom stereocenters. The molecule has 0 spiro atoms. The number of amides is 1.